The van der Waals surface area contributed by atoms with Gasteiger partial charge in [0.1, 0.15) is 24.0 Å². The van der Waals surface area contributed by atoms with Crippen molar-refractivity contribution >= 4 is 11.9 Å². The van der Waals surface area contributed by atoms with Crippen LogP contribution in [-0.2, 0) is 11.3 Å². The molecule has 5 rings (SSSR count). The lowest BCUT2D eigenvalue weighted by Crippen LogP contribution is -2.43. The molecule has 0 atom stereocenters. The van der Waals surface area contributed by atoms with Crippen LogP contribution in [0, 0.1) is 12.7 Å². The molecular weight excluding hydrogens is 399 g/mol. The molecule has 1 saturated heterocycles. The van der Waals surface area contributed by atoms with Gasteiger partial charge < -0.3 is 14.2 Å². The third-order valence-corrected chi connectivity index (χ3v) is 6.01. The first-order chi connectivity index (χ1) is 15.1. The second kappa shape index (κ2) is 8.42. The average Bonchev–Trinajstić information content (AvgIpc) is 3.10. The zero-order valence-electron chi connectivity index (χ0n) is 17.5. The molecule has 0 saturated carbocycles. The molecule has 0 radical (unpaired) electrons. The number of fused-ring (bicyclic) bond motifs is 2. The number of hydrogen-bond donors (Lipinski definition) is 0. The van der Waals surface area contributed by atoms with Gasteiger partial charge in [0.2, 0.25) is 5.78 Å². The Balaban J connectivity index is 1.33. The van der Waals surface area contributed by atoms with Crippen molar-refractivity contribution in [2.45, 2.75) is 13.5 Å². The zero-order valence-corrected chi connectivity index (χ0v) is 17.5. The lowest BCUT2D eigenvalue weighted by molar-refractivity contribution is 0.0239. The molecule has 31 heavy (non-hydrogen) atoms. The van der Waals surface area contributed by atoms with Crippen molar-refractivity contribution < 1.29 is 23.4 Å². The van der Waals surface area contributed by atoms with E-state index in [2.05, 4.69) is 9.80 Å². The third-order valence-electron chi connectivity index (χ3n) is 6.01. The summed E-state index contributed by atoms with van der Waals surface area (Å²) in [5.41, 5.74) is 3.12. The minimum absolute atomic E-state index is 0.157. The zero-order chi connectivity index (χ0) is 21.4. The summed E-state index contributed by atoms with van der Waals surface area (Å²) in [4.78, 5) is 17.6. The molecule has 2 aromatic carbocycles. The number of allylic oxidation sites excluding steroid dienone is 1. The smallest absolute Gasteiger partial charge is 0.231 e. The van der Waals surface area contributed by atoms with Gasteiger partial charge in [0.15, 0.2) is 5.76 Å². The number of carbonyl (C=O) groups excluding carboxylic acids is 1. The average molecular weight is 424 g/mol. The normalized spacial score (nSPS) is 20.3. The summed E-state index contributed by atoms with van der Waals surface area (Å²) in [5, 5.41) is 0. The number of benzene rings is 2. The van der Waals surface area contributed by atoms with Gasteiger partial charge in [0.05, 0.1) is 18.8 Å². The Morgan fingerprint density at radius 2 is 1.81 bits per heavy atom. The van der Waals surface area contributed by atoms with E-state index in [1.165, 1.54) is 12.1 Å². The first-order valence-corrected chi connectivity index (χ1v) is 10.6. The summed E-state index contributed by atoms with van der Waals surface area (Å²) in [6.45, 7) is 8.56. The van der Waals surface area contributed by atoms with E-state index in [1.807, 2.05) is 13.0 Å². The summed E-state index contributed by atoms with van der Waals surface area (Å²) in [6, 6.07) is 7.86. The lowest BCUT2D eigenvalue weighted by atomic mass is 10.00. The van der Waals surface area contributed by atoms with E-state index < -0.39 is 0 Å². The third kappa shape index (κ3) is 4.08. The van der Waals surface area contributed by atoms with Crippen LogP contribution in [0.25, 0.3) is 6.08 Å². The molecule has 0 aromatic heterocycles. The second-order valence-electron chi connectivity index (χ2n) is 8.14. The number of nitrogens with zero attached hydrogens (tertiary/aromatic N) is 2. The fourth-order valence-electron chi connectivity index (χ4n) is 4.26. The van der Waals surface area contributed by atoms with Gasteiger partial charge in [-0.15, -0.1) is 0 Å². The molecule has 3 aliphatic heterocycles. The van der Waals surface area contributed by atoms with Crippen LogP contribution in [0.15, 0.2) is 36.1 Å². The van der Waals surface area contributed by atoms with Crippen molar-refractivity contribution in [1.82, 2.24) is 9.80 Å². The topological polar surface area (TPSA) is 51.2 Å². The van der Waals surface area contributed by atoms with E-state index in [4.69, 9.17) is 14.2 Å². The van der Waals surface area contributed by atoms with E-state index in [-0.39, 0.29) is 17.4 Å². The second-order valence-corrected chi connectivity index (χ2v) is 8.14. The molecule has 1 fully saturated rings. The minimum Gasteiger partial charge on any atom is -0.477 e. The molecule has 0 amide bonds. The van der Waals surface area contributed by atoms with Crippen molar-refractivity contribution in [3.8, 4) is 11.5 Å². The fraction of sp³-hybridized carbons (Fsp3) is 0.375. The van der Waals surface area contributed by atoms with Gasteiger partial charge in [-0.1, -0.05) is 12.1 Å². The van der Waals surface area contributed by atoms with Gasteiger partial charge in [-0.3, -0.25) is 14.6 Å². The van der Waals surface area contributed by atoms with Crippen LogP contribution in [0.4, 0.5) is 4.39 Å². The van der Waals surface area contributed by atoms with Crippen molar-refractivity contribution in [3.63, 3.8) is 0 Å². The van der Waals surface area contributed by atoms with Crippen LogP contribution < -0.4 is 9.47 Å². The first kappa shape index (κ1) is 20.2. The SMILES string of the molecule is Cc1c2c(cc3c1O/C(=C\c1ccc(F)cc1)C3=O)CN(CCN1CCOCC1)CO2. The number of ether oxygens (including phenoxy) is 3. The molecular formula is C24H25FN2O4. The maximum absolute atomic E-state index is 13.2. The van der Waals surface area contributed by atoms with Crippen LogP contribution in [-0.4, -0.2) is 61.7 Å². The molecule has 0 aliphatic carbocycles. The number of carbonyl (C=O) groups is 1. The number of morpholine rings is 1. The maximum atomic E-state index is 13.2. The van der Waals surface area contributed by atoms with Crippen LogP contribution in [0.3, 0.4) is 0 Å². The molecule has 0 spiro atoms. The van der Waals surface area contributed by atoms with Gasteiger partial charge in [0.25, 0.3) is 0 Å². The molecule has 3 heterocycles. The predicted octanol–water partition coefficient (Wildman–Crippen LogP) is 3.23. The van der Waals surface area contributed by atoms with E-state index >= 15 is 0 Å². The number of hydrogen-bond acceptors (Lipinski definition) is 6. The van der Waals surface area contributed by atoms with Crippen LogP contribution in [0.5, 0.6) is 11.5 Å². The Bertz CT molecular complexity index is 1030. The van der Waals surface area contributed by atoms with E-state index in [0.717, 1.165) is 62.8 Å². The largest absolute Gasteiger partial charge is 0.477 e. The van der Waals surface area contributed by atoms with Gasteiger partial charge in [-0.05, 0) is 36.8 Å². The van der Waals surface area contributed by atoms with Crippen molar-refractivity contribution in [2.75, 3.05) is 46.1 Å². The summed E-state index contributed by atoms with van der Waals surface area (Å²) >= 11 is 0. The molecule has 2 aromatic rings. The highest BCUT2D eigenvalue weighted by atomic mass is 19.1. The minimum atomic E-state index is -0.317. The Labute approximate surface area is 180 Å². The molecule has 7 heteroatoms. The molecule has 3 aliphatic rings. The van der Waals surface area contributed by atoms with Gasteiger partial charge >= 0.3 is 0 Å². The van der Waals surface area contributed by atoms with Crippen molar-refractivity contribution in [1.29, 1.82) is 0 Å². The van der Waals surface area contributed by atoms with E-state index in [1.54, 1.807) is 18.2 Å². The van der Waals surface area contributed by atoms with E-state index in [0.29, 0.717) is 23.6 Å². The molecule has 6 nitrogen and oxygen atoms in total. The van der Waals surface area contributed by atoms with Crippen LogP contribution >= 0.6 is 0 Å². The Morgan fingerprint density at radius 3 is 2.58 bits per heavy atom. The van der Waals surface area contributed by atoms with Gasteiger partial charge in [-0.2, -0.15) is 0 Å². The lowest BCUT2D eigenvalue weighted by Gasteiger charge is -2.33. The highest BCUT2D eigenvalue weighted by molar-refractivity contribution is 6.15. The molecule has 0 N–H and O–H groups in total. The number of Topliss-reactive ketones (excluding diaryl/α,β-unsaturated/α-hetero) is 1. The summed E-state index contributed by atoms with van der Waals surface area (Å²) in [7, 11) is 0. The van der Waals surface area contributed by atoms with Gasteiger partial charge in [-0.25, -0.2) is 4.39 Å². The number of halogens is 1. The Hall–Kier alpha value is -2.74. The number of ketones is 1. The maximum Gasteiger partial charge on any atom is 0.231 e. The summed E-state index contributed by atoms with van der Waals surface area (Å²) < 4.78 is 30.5. The highest BCUT2D eigenvalue weighted by Gasteiger charge is 2.33. The van der Waals surface area contributed by atoms with E-state index in [9.17, 15) is 9.18 Å². The molecule has 162 valence electrons. The Kier molecular flexibility index (Phi) is 5.48. The van der Waals surface area contributed by atoms with Crippen molar-refractivity contribution in [3.05, 3.63) is 64.2 Å². The number of rotatable bonds is 4. The van der Waals surface area contributed by atoms with Gasteiger partial charge in [0, 0.05) is 43.9 Å². The van der Waals surface area contributed by atoms with Crippen LogP contribution in [0.2, 0.25) is 0 Å². The molecule has 0 bridgehead atoms. The summed E-state index contributed by atoms with van der Waals surface area (Å²) in [6.07, 6.45) is 1.65. The monoisotopic (exact) mass is 424 g/mol. The van der Waals surface area contributed by atoms with Crippen LogP contribution in [0.1, 0.15) is 27.0 Å². The first-order valence-electron chi connectivity index (χ1n) is 10.6. The fourth-order valence-corrected chi connectivity index (χ4v) is 4.26. The standard InChI is InChI=1S/C24H25FN2O4/c1-16-23-18(14-27(15-30-23)7-6-26-8-10-29-11-9-26)13-20-22(28)21(31-24(16)20)12-17-2-4-19(25)5-3-17/h2-5,12-13H,6-11,14-15H2,1H3/b21-12-. The predicted molar refractivity (Wildman–Crippen MR) is 114 cm³/mol. The Morgan fingerprint density at radius 1 is 1.06 bits per heavy atom. The summed E-state index contributed by atoms with van der Waals surface area (Å²) in [5.74, 6) is 1.13. The molecule has 0 unspecified atom stereocenters. The highest BCUT2D eigenvalue weighted by Crippen LogP contribution is 2.43. The quantitative estimate of drug-likeness (QED) is 0.703. The van der Waals surface area contributed by atoms with Crippen molar-refractivity contribution in [2.24, 2.45) is 0 Å².